The van der Waals surface area contributed by atoms with E-state index in [1.54, 1.807) is 18.3 Å². The fourth-order valence-corrected chi connectivity index (χ4v) is 4.72. The van der Waals surface area contributed by atoms with Crippen molar-refractivity contribution in [3.63, 3.8) is 0 Å². The molecule has 2 heterocycles. The number of aromatic nitrogens is 1. The number of alkyl halides is 3. The zero-order chi connectivity index (χ0) is 22.7. The molecule has 0 spiro atoms. The van der Waals surface area contributed by atoms with Crippen molar-refractivity contribution in [1.82, 2.24) is 15.6 Å². The van der Waals surface area contributed by atoms with Crippen LogP contribution in [-0.4, -0.2) is 28.5 Å². The van der Waals surface area contributed by atoms with Gasteiger partial charge in [-0.2, -0.15) is 13.2 Å². The minimum atomic E-state index is -4.34. The molecule has 172 valence electrons. The van der Waals surface area contributed by atoms with Crippen molar-refractivity contribution in [2.24, 2.45) is 0 Å². The molecule has 1 saturated carbocycles. The highest BCUT2D eigenvalue weighted by Gasteiger charge is 2.33. The van der Waals surface area contributed by atoms with Crippen LogP contribution in [0.25, 0.3) is 11.4 Å². The molecule has 1 atom stereocenters. The maximum Gasteiger partial charge on any atom is 0.398 e. The average molecular weight is 471 g/mol. The van der Waals surface area contributed by atoms with Crippen LogP contribution in [0.4, 0.5) is 27.8 Å². The second-order valence-electron chi connectivity index (χ2n) is 7.88. The predicted octanol–water partition coefficient (Wildman–Crippen LogP) is 5.70. The fourth-order valence-electron chi connectivity index (χ4n) is 3.96. The Bertz CT molecular complexity index is 989. The molecule has 1 aliphatic heterocycles. The second kappa shape index (κ2) is 9.56. The summed E-state index contributed by atoms with van der Waals surface area (Å²) in [6, 6.07) is 6.95. The number of hydrogen-bond donors (Lipinski definition) is 3. The molecule has 1 aromatic heterocycles. The largest absolute Gasteiger partial charge is 0.398 e. The Balaban J connectivity index is 1.63. The smallest absolute Gasteiger partial charge is 0.367 e. The van der Waals surface area contributed by atoms with E-state index in [4.69, 9.17) is 0 Å². The van der Waals surface area contributed by atoms with Gasteiger partial charge in [0.15, 0.2) is 0 Å². The third kappa shape index (κ3) is 5.65. The Morgan fingerprint density at radius 3 is 2.47 bits per heavy atom. The minimum absolute atomic E-state index is 0.0719. The summed E-state index contributed by atoms with van der Waals surface area (Å²) in [6.07, 6.45) is 2.89. The molecular weight excluding hydrogens is 447 g/mol. The first-order valence-corrected chi connectivity index (χ1v) is 11.5. The van der Waals surface area contributed by atoms with E-state index in [-0.39, 0.29) is 11.3 Å². The number of rotatable bonds is 6. The van der Waals surface area contributed by atoms with Gasteiger partial charge in [0.05, 0.1) is 17.1 Å². The van der Waals surface area contributed by atoms with Gasteiger partial charge in [-0.3, -0.25) is 0 Å². The van der Waals surface area contributed by atoms with Gasteiger partial charge in [-0.1, -0.05) is 19.3 Å². The SMILES string of the molecule is Fc1ccc(C2=C(c3ccnc(NC4CCCCC4)c3)NC(SCC(F)(F)F)N2)c(F)c1. The molecule has 4 rings (SSSR count). The van der Waals surface area contributed by atoms with E-state index in [2.05, 4.69) is 20.9 Å². The molecule has 1 fully saturated rings. The normalized spacial score (nSPS) is 19.6. The number of benzene rings is 1. The topological polar surface area (TPSA) is 49.0 Å². The quantitative estimate of drug-likeness (QED) is 0.473. The summed E-state index contributed by atoms with van der Waals surface area (Å²) in [7, 11) is 0. The van der Waals surface area contributed by atoms with Gasteiger partial charge in [-0.25, -0.2) is 13.8 Å². The van der Waals surface area contributed by atoms with Crippen LogP contribution in [0.3, 0.4) is 0 Å². The van der Waals surface area contributed by atoms with E-state index in [1.807, 2.05) is 0 Å². The van der Waals surface area contributed by atoms with Crippen LogP contribution in [0.5, 0.6) is 0 Å². The molecule has 0 radical (unpaired) electrons. The fraction of sp³-hybridized carbons (Fsp3) is 0.409. The zero-order valence-corrected chi connectivity index (χ0v) is 17.9. The van der Waals surface area contributed by atoms with Crippen LogP contribution >= 0.6 is 11.8 Å². The van der Waals surface area contributed by atoms with Crippen LogP contribution in [0.2, 0.25) is 0 Å². The molecule has 2 aliphatic rings. The standard InChI is InChI=1S/C22H23F5N4S/c23-14-6-7-16(17(24)11-14)20-19(30-21(31-20)32-12-22(25,26)27)13-8-9-28-18(10-13)29-15-4-2-1-3-5-15/h6-11,15,21,30-31H,1-5,12H2,(H,28,29). The summed E-state index contributed by atoms with van der Waals surface area (Å²) in [6.45, 7) is 0. The lowest BCUT2D eigenvalue weighted by atomic mass is 9.95. The van der Waals surface area contributed by atoms with E-state index in [1.165, 1.54) is 12.5 Å². The molecule has 3 N–H and O–H groups in total. The Labute approximate surface area is 187 Å². The molecular formula is C22H23F5N4S. The molecule has 0 saturated heterocycles. The van der Waals surface area contributed by atoms with Crippen LogP contribution in [0, 0.1) is 11.6 Å². The lowest BCUT2D eigenvalue weighted by Crippen LogP contribution is -2.31. The average Bonchev–Trinajstić information content (AvgIpc) is 3.17. The van der Waals surface area contributed by atoms with Crippen LogP contribution in [-0.2, 0) is 0 Å². The van der Waals surface area contributed by atoms with Gasteiger partial charge < -0.3 is 16.0 Å². The first-order valence-electron chi connectivity index (χ1n) is 10.4. The van der Waals surface area contributed by atoms with Crippen molar-refractivity contribution < 1.29 is 22.0 Å². The Hall–Kier alpha value is -2.49. The van der Waals surface area contributed by atoms with E-state index in [0.29, 0.717) is 34.9 Å². The van der Waals surface area contributed by atoms with Crippen molar-refractivity contribution in [1.29, 1.82) is 0 Å². The predicted molar refractivity (Wildman–Crippen MR) is 116 cm³/mol. The lowest BCUT2D eigenvalue weighted by molar-refractivity contribution is -0.105. The molecule has 1 unspecified atom stereocenters. The highest BCUT2D eigenvalue weighted by molar-refractivity contribution is 7.99. The molecule has 4 nitrogen and oxygen atoms in total. The van der Waals surface area contributed by atoms with Gasteiger partial charge >= 0.3 is 6.18 Å². The van der Waals surface area contributed by atoms with Gasteiger partial charge in [0.1, 0.15) is 23.0 Å². The molecule has 2 aromatic rings. The summed E-state index contributed by atoms with van der Waals surface area (Å²) in [5, 5.41) is 9.35. The van der Waals surface area contributed by atoms with Crippen molar-refractivity contribution in [2.75, 3.05) is 11.1 Å². The first kappa shape index (κ1) is 22.7. The first-order chi connectivity index (χ1) is 15.3. The van der Waals surface area contributed by atoms with Crippen LogP contribution < -0.4 is 16.0 Å². The van der Waals surface area contributed by atoms with E-state index in [9.17, 15) is 22.0 Å². The van der Waals surface area contributed by atoms with Crippen molar-refractivity contribution in [3.05, 3.63) is 59.3 Å². The monoisotopic (exact) mass is 470 g/mol. The summed E-state index contributed by atoms with van der Waals surface area (Å²) in [5.74, 6) is -1.96. The third-order valence-corrected chi connectivity index (χ3v) is 6.48. The number of thioether (sulfide) groups is 1. The number of hydrogen-bond acceptors (Lipinski definition) is 5. The summed E-state index contributed by atoms with van der Waals surface area (Å²) >= 11 is 0.613. The van der Waals surface area contributed by atoms with Gasteiger partial charge in [0.25, 0.3) is 0 Å². The summed E-state index contributed by atoms with van der Waals surface area (Å²) in [4.78, 5) is 4.36. The van der Waals surface area contributed by atoms with Gasteiger partial charge in [-0.05, 0) is 37.1 Å². The lowest BCUT2D eigenvalue weighted by Gasteiger charge is -2.23. The number of halogens is 5. The minimum Gasteiger partial charge on any atom is -0.367 e. The van der Waals surface area contributed by atoms with Gasteiger partial charge in [-0.15, -0.1) is 11.8 Å². The third-order valence-electron chi connectivity index (χ3n) is 5.42. The van der Waals surface area contributed by atoms with Crippen molar-refractivity contribution >= 4 is 29.0 Å². The molecule has 32 heavy (non-hydrogen) atoms. The molecule has 0 bridgehead atoms. The molecule has 10 heteroatoms. The van der Waals surface area contributed by atoms with E-state index < -0.39 is 29.1 Å². The maximum atomic E-state index is 14.5. The number of anilines is 1. The van der Waals surface area contributed by atoms with Gasteiger partial charge in [0.2, 0.25) is 0 Å². The van der Waals surface area contributed by atoms with E-state index >= 15 is 0 Å². The van der Waals surface area contributed by atoms with Crippen LogP contribution in [0.15, 0.2) is 36.5 Å². The number of pyridine rings is 1. The Kier molecular flexibility index (Phi) is 6.78. The highest BCUT2D eigenvalue weighted by atomic mass is 32.2. The number of nitrogens with zero attached hydrogens (tertiary/aromatic N) is 1. The van der Waals surface area contributed by atoms with Crippen LogP contribution in [0.1, 0.15) is 43.2 Å². The van der Waals surface area contributed by atoms with Gasteiger partial charge in [0, 0.05) is 29.4 Å². The molecule has 1 aromatic carbocycles. The Morgan fingerprint density at radius 2 is 1.75 bits per heavy atom. The Morgan fingerprint density at radius 1 is 1.00 bits per heavy atom. The summed E-state index contributed by atoms with van der Waals surface area (Å²) in [5.41, 5.74) is 0.595. The number of nitrogens with one attached hydrogen (secondary N) is 3. The summed E-state index contributed by atoms with van der Waals surface area (Å²) < 4.78 is 66.1. The zero-order valence-electron chi connectivity index (χ0n) is 17.1. The maximum absolute atomic E-state index is 14.5. The molecule has 1 aliphatic carbocycles. The second-order valence-corrected chi connectivity index (χ2v) is 8.97. The van der Waals surface area contributed by atoms with E-state index in [0.717, 1.165) is 37.8 Å². The van der Waals surface area contributed by atoms with Crippen molar-refractivity contribution in [3.8, 4) is 0 Å². The molecule has 0 amide bonds. The van der Waals surface area contributed by atoms with Crippen molar-refractivity contribution in [2.45, 2.75) is 49.8 Å². The highest BCUT2D eigenvalue weighted by Crippen LogP contribution is 2.34.